The molecule has 134 valence electrons. The highest BCUT2D eigenvalue weighted by Gasteiger charge is 2.40. The Kier molecular flexibility index (Phi) is 5.24. The summed E-state index contributed by atoms with van der Waals surface area (Å²) in [4.78, 5) is 26.3. The molecule has 6 nitrogen and oxygen atoms in total. The number of thioether (sulfide) groups is 1. The zero-order valence-electron chi connectivity index (χ0n) is 14.2. The van der Waals surface area contributed by atoms with E-state index in [1.54, 1.807) is 17.0 Å². The number of thiocarbonyl (C=S) groups is 1. The number of hydrogen-bond acceptors (Lipinski definition) is 5. The van der Waals surface area contributed by atoms with E-state index in [0.717, 1.165) is 28.6 Å². The van der Waals surface area contributed by atoms with Crippen LogP contribution in [0.25, 0.3) is 6.08 Å². The van der Waals surface area contributed by atoms with Crippen LogP contribution >= 0.6 is 24.0 Å². The molecule has 26 heavy (non-hydrogen) atoms. The van der Waals surface area contributed by atoms with Gasteiger partial charge in [-0.1, -0.05) is 54.3 Å². The number of carboxylic acid groups (broad SMARTS) is 1. The molecule has 1 fully saturated rings. The van der Waals surface area contributed by atoms with Gasteiger partial charge in [-0.2, -0.15) is 5.10 Å². The van der Waals surface area contributed by atoms with Crippen molar-refractivity contribution in [2.75, 3.05) is 0 Å². The summed E-state index contributed by atoms with van der Waals surface area (Å²) in [6.45, 7) is 1.90. The average Bonchev–Trinajstić information content (AvgIpc) is 3.07. The van der Waals surface area contributed by atoms with Crippen LogP contribution in [-0.2, 0) is 23.1 Å². The third-order valence-electron chi connectivity index (χ3n) is 4.25. The Balaban J connectivity index is 1.89. The van der Waals surface area contributed by atoms with Crippen molar-refractivity contribution in [3.05, 3.63) is 58.3 Å². The minimum atomic E-state index is -1.08. The molecule has 2 aromatic rings. The molecule has 1 amide bonds. The van der Waals surface area contributed by atoms with Gasteiger partial charge in [0.15, 0.2) is 0 Å². The summed E-state index contributed by atoms with van der Waals surface area (Å²) < 4.78 is 1.97. The second kappa shape index (κ2) is 7.43. The number of carbonyl (C=O) groups excluding carboxylic acids is 1. The van der Waals surface area contributed by atoms with Crippen molar-refractivity contribution in [2.24, 2.45) is 7.05 Å². The van der Waals surface area contributed by atoms with Gasteiger partial charge >= 0.3 is 5.97 Å². The van der Waals surface area contributed by atoms with E-state index in [9.17, 15) is 14.7 Å². The second-order valence-corrected chi connectivity index (χ2v) is 7.58. The van der Waals surface area contributed by atoms with Crippen LogP contribution in [0.1, 0.15) is 16.8 Å². The van der Waals surface area contributed by atoms with Gasteiger partial charge in [-0.05, 0) is 18.6 Å². The van der Waals surface area contributed by atoms with E-state index in [4.69, 9.17) is 12.2 Å². The first-order chi connectivity index (χ1) is 12.4. The van der Waals surface area contributed by atoms with E-state index in [2.05, 4.69) is 5.10 Å². The number of nitrogens with zero attached hydrogens (tertiary/aromatic N) is 3. The molecule has 8 heteroatoms. The largest absolute Gasteiger partial charge is 0.480 e. The summed E-state index contributed by atoms with van der Waals surface area (Å²) >= 11 is 6.42. The highest BCUT2D eigenvalue weighted by Crippen LogP contribution is 2.35. The Labute approximate surface area is 160 Å². The predicted octanol–water partition coefficient (Wildman–Crippen LogP) is 2.63. The maximum absolute atomic E-state index is 12.8. The van der Waals surface area contributed by atoms with E-state index >= 15 is 0 Å². The highest BCUT2D eigenvalue weighted by molar-refractivity contribution is 8.26. The van der Waals surface area contributed by atoms with E-state index in [0.29, 0.717) is 4.91 Å². The monoisotopic (exact) mass is 387 g/mol. The lowest BCUT2D eigenvalue weighted by atomic mass is 10.0. The summed E-state index contributed by atoms with van der Waals surface area (Å²) in [7, 11) is 1.82. The summed E-state index contributed by atoms with van der Waals surface area (Å²) in [5.74, 6) is -1.46. The molecular weight excluding hydrogens is 370 g/mol. The van der Waals surface area contributed by atoms with Crippen LogP contribution in [0.4, 0.5) is 0 Å². The van der Waals surface area contributed by atoms with Crippen molar-refractivity contribution >= 4 is 46.3 Å². The number of aliphatic carboxylic acids is 1. The van der Waals surface area contributed by atoms with Gasteiger partial charge in [-0.25, -0.2) is 4.79 Å². The van der Waals surface area contributed by atoms with Gasteiger partial charge in [0.05, 0.1) is 11.1 Å². The number of rotatable bonds is 5. The Hall–Kier alpha value is -2.45. The molecule has 1 atom stereocenters. The molecule has 0 saturated carbocycles. The lowest BCUT2D eigenvalue weighted by Crippen LogP contribution is -2.45. The molecule has 1 aliphatic heterocycles. The van der Waals surface area contributed by atoms with Crippen LogP contribution in [0.5, 0.6) is 0 Å². The summed E-state index contributed by atoms with van der Waals surface area (Å²) in [5, 5.41) is 13.8. The number of aryl methyl sites for hydroxylation is 1. The molecule has 1 N–H and O–H groups in total. The first kappa shape index (κ1) is 18.3. The smallest absolute Gasteiger partial charge is 0.327 e. The van der Waals surface area contributed by atoms with Crippen molar-refractivity contribution in [3.8, 4) is 0 Å². The third kappa shape index (κ3) is 3.56. The normalized spacial score (nSPS) is 17.2. The summed E-state index contributed by atoms with van der Waals surface area (Å²) in [6.07, 6.45) is 3.57. The van der Waals surface area contributed by atoms with Crippen LogP contribution < -0.4 is 0 Å². The molecule has 0 spiro atoms. The zero-order chi connectivity index (χ0) is 18.8. The molecule has 1 aromatic heterocycles. The Morgan fingerprint density at radius 3 is 2.65 bits per heavy atom. The Morgan fingerprint density at radius 1 is 1.38 bits per heavy atom. The Bertz CT molecular complexity index is 906. The fourth-order valence-electron chi connectivity index (χ4n) is 2.67. The SMILES string of the molecule is Cc1c(C=C2SC(=S)N(C(Cc3ccccc3)C(=O)O)C2=O)cnn1C. The van der Waals surface area contributed by atoms with Crippen LogP contribution in [-0.4, -0.2) is 42.0 Å². The molecular formula is C18H17N3O3S2. The van der Waals surface area contributed by atoms with Crippen LogP contribution in [0.2, 0.25) is 0 Å². The molecule has 1 unspecified atom stereocenters. The van der Waals surface area contributed by atoms with Gasteiger partial charge in [-0.15, -0.1) is 0 Å². The predicted molar refractivity (Wildman–Crippen MR) is 105 cm³/mol. The summed E-state index contributed by atoms with van der Waals surface area (Å²) in [6, 6.07) is 8.17. The van der Waals surface area contributed by atoms with Crippen molar-refractivity contribution in [2.45, 2.75) is 19.4 Å². The average molecular weight is 387 g/mol. The van der Waals surface area contributed by atoms with Gasteiger partial charge in [0.1, 0.15) is 10.4 Å². The quantitative estimate of drug-likeness (QED) is 0.628. The molecule has 0 aliphatic carbocycles. The van der Waals surface area contributed by atoms with E-state index in [-0.39, 0.29) is 16.6 Å². The lowest BCUT2D eigenvalue weighted by Gasteiger charge is -2.23. The number of amides is 1. The van der Waals surface area contributed by atoms with Gasteiger partial charge in [-0.3, -0.25) is 14.4 Å². The topological polar surface area (TPSA) is 75.4 Å². The standard InChI is InChI=1S/C18H17N3O3S2/c1-11-13(10-19-20(11)2)9-15-16(22)21(18(25)26-15)14(17(23)24)8-12-6-4-3-5-7-12/h3-7,9-10,14H,8H2,1-2H3,(H,23,24). The van der Waals surface area contributed by atoms with Crippen LogP contribution in [0.3, 0.4) is 0 Å². The molecule has 1 aromatic carbocycles. The molecule has 2 heterocycles. The third-order valence-corrected chi connectivity index (χ3v) is 5.58. The fraction of sp³-hybridized carbons (Fsp3) is 0.222. The van der Waals surface area contributed by atoms with E-state index in [1.807, 2.05) is 44.3 Å². The maximum atomic E-state index is 12.8. The van der Waals surface area contributed by atoms with Gasteiger partial charge < -0.3 is 5.11 Å². The molecule has 1 saturated heterocycles. The van der Waals surface area contributed by atoms with Crippen molar-refractivity contribution < 1.29 is 14.7 Å². The molecule has 1 aliphatic rings. The van der Waals surface area contributed by atoms with Gasteiger partial charge in [0.25, 0.3) is 5.91 Å². The first-order valence-electron chi connectivity index (χ1n) is 7.91. The number of hydrogen-bond donors (Lipinski definition) is 1. The number of carbonyl (C=O) groups is 2. The van der Waals surface area contributed by atoms with Crippen molar-refractivity contribution in [3.63, 3.8) is 0 Å². The second-order valence-electron chi connectivity index (χ2n) is 5.90. The van der Waals surface area contributed by atoms with Gasteiger partial charge in [0.2, 0.25) is 0 Å². The number of benzene rings is 1. The lowest BCUT2D eigenvalue weighted by molar-refractivity contribution is -0.145. The first-order valence-corrected chi connectivity index (χ1v) is 9.13. The van der Waals surface area contributed by atoms with Crippen LogP contribution in [0.15, 0.2) is 41.4 Å². The van der Waals surface area contributed by atoms with E-state index < -0.39 is 12.0 Å². The molecule has 0 radical (unpaired) electrons. The molecule has 3 rings (SSSR count). The van der Waals surface area contributed by atoms with E-state index in [1.165, 1.54) is 4.90 Å². The zero-order valence-corrected chi connectivity index (χ0v) is 15.9. The Morgan fingerprint density at radius 2 is 2.08 bits per heavy atom. The fourth-order valence-corrected chi connectivity index (χ4v) is 4.02. The van der Waals surface area contributed by atoms with Crippen molar-refractivity contribution in [1.29, 1.82) is 0 Å². The highest BCUT2D eigenvalue weighted by atomic mass is 32.2. The number of aromatic nitrogens is 2. The molecule has 0 bridgehead atoms. The minimum absolute atomic E-state index is 0.196. The van der Waals surface area contributed by atoms with Crippen molar-refractivity contribution in [1.82, 2.24) is 14.7 Å². The van der Waals surface area contributed by atoms with Gasteiger partial charge in [0, 0.05) is 24.7 Å². The number of carboxylic acids is 1. The van der Waals surface area contributed by atoms with Crippen LogP contribution in [0, 0.1) is 6.92 Å². The minimum Gasteiger partial charge on any atom is -0.480 e. The maximum Gasteiger partial charge on any atom is 0.327 e. The summed E-state index contributed by atoms with van der Waals surface area (Å²) in [5.41, 5.74) is 2.55.